The van der Waals surface area contributed by atoms with E-state index in [1.807, 2.05) is 24.3 Å². The molecule has 0 radical (unpaired) electrons. The van der Waals surface area contributed by atoms with Crippen LogP contribution in [0.2, 0.25) is 0 Å². The molecule has 140 valence electrons. The number of methoxy groups -OCH3 is 2. The van der Waals surface area contributed by atoms with Crippen molar-refractivity contribution in [3.8, 4) is 34.1 Å². The van der Waals surface area contributed by atoms with Crippen molar-refractivity contribution in [3.63, 3.8) is 0 Å². The van der Waals surface area contributed by atoms with E-state index >= 15 is 0 Å². The standard InChI is InChI=1S/C22H24N2O3/c1-24-11-9-16-13-19(25-2)20(26-3)14-18(16)22-17(10-12-24)21(23-27-22)15-7-5-4-6-8-15/h4-8,13-14H,9-12H2,1-3H3. The highest BCUT2D eigenvalue weighted by Crippen LogP contribution is 2.40. The van der Waals surface area contributed by atoms with Crippen LogP contribution in [0.4, 0.5) is 0 Å². The lowest BCUT2D eigenvalue weighted by Crippen LogP contribution is -2.23. The molecule has 0 spiro atoms. The SMILES string of the molecule is COc1cc2c(cc1OC)-c1onc(-c3ccccc3)c1CCN(C)CC2. The lowest BCUT2D eigenvalue weighted by atomic mass is 9.96. The fraction of sp³-hybridized carbons (Fsp3) is 0.318. The smallest absolute Gasteiger partial charge is 0.171 e. The van der Waals surface area contributed by atoms with Gasteiger partial charge in [0.1, 0.15) is 5.69 Å². The van der Waals surface area contributed by atoms with Crippen molar-refractivity contribution in [3.05, 3.63) is 53.6 Å². The highest BCUT2D eigenvalue weighted by molar-refractivity contribution is 5.76. The summed E-state index contributed by atoms with van der Waals surface area (Å²) in [6, 6.07) is 14.3. The van der Waals surface area contributed by atoms with Crippen molar-refractivity contribution in [2.75, 3.05) is 34.4 Å². The number of ether oxygens (including phenoxy) is 2. The van der Waals surface area contributed by atoms with E-state index in [9.17, 15) is 0 Å². The molecular weight excluding hydrogens is 340 g/mol. The van der Waals surface area contributed by atoms with Crippen molar-refractivity contribution in [1.82, 2.24) is 10.1 Å². The minimum Gasteiger partial charge on any atom is -0.493 e. The third-order valence-electron chi connectivity index (χ3n) is 5.20. The van der Waals surface area contributed by atoms with Gasteiger partial charge in [-0.3, -0.25) is 0 Å². The quantitative estimate of drug-likeness (QED) is 0.701. The van der Waals surface area contributed by atoms with Gasteiger partial charge in [-0.1, -0.05) is 35.5 Å². The third kappa shape index (κ3) is 3.30. The second-order valence-corrected chi connectivity index (χ2v) is 6.87. The molecule has 1 aliphatic heterocycles. The molecule has 2 heterocycles. The van der Waals surface area contributed by atoms with E-state index in [2.05, 4.69) is 35.3 Å². The monoisotopic (exact) mass is 364 g/mol. The van der Waals surface area contributed by atoms with Crippen LogP contribution in [0.15, 0.2) is 47.0 Å². The van der Waals surface area contributed by atoms with Gasteiger partial charge in [0.2, 0.25) is 0 Å². The van der Waals surface area contributed by atoms with Crippen LogP contribution in [-0.4, -0.2) is 44.4 Å². The van der Waals surface area contributed by atoms with E-state index in [1.54, 1.807) is 14.2 Å². The average molecular weight is 364 g/mol. The third-order valence-corrected chi connectivity index (χ3v) is 5.20. The van der Waals surface area contributed by atoms with Crippen LogP contribution >= 0.6 is 0 Å². The second kappa shape index (κ2) is 7.45. The van der Waals surface area contributed by atoms with Crippen molar-refractivity contribution in [1.29, 1.82) is 0 Å². The zero-order chi connectivity index (χ0) is 18.8. The average Bonchev–Trinajstić information content (AvgIpc) is 3.15. The zero-order valence-corrected chi connectivity index (χ0v) is 16.0. The van der Waals surface area contributed by atoms with Gasteiger partial charge in [0.25, 0.3) is 0 Å². The van der Waals surface area contributed by atoms with Crippen molar-refractivity contribution < 1.29 is 14.0 Å². The van der Waals surface area contributed by atoms with Crippen LogP contribution in [0.25, 0.3) is 22.6 Å². The Morgan fingerprint density at radius 3 is 2.41 bits per heavy atom. The minimum absolute atomic E-state index is 0.701. The number of aromatic nitrogens is 1. The largest absolute Gasteiger partial charge is 0.493 e. The topological polar surface area (TPSA) is 47.7 Å². The first-order valence-electron chi connectivity index (χ1n) is 9.19. The molecular formula is C22H24N2O3. The van der Waals surface area contributed by atoms with Crippen LogP contribution in [0, 0.1) is 0 Å². The van der Waals surface area contributed by atoms with E-state index in [0.29, 0.717) is 5.75 Å². The number of hydrogen-bond acceptors (Lipinski definition) is 5. The first kappa shape index (κ1) is 17.6. The van der Waals surface area contributed by atoms with Gasteiger partial charge < -0.3 is 18.9 Å². The van der Waals surface area contributed by atoms with Crippen LogP contribution in [0.1, 0.15) is 11.1 Å². The molecule has 5 nitrogen and oxygen atoms in total. The van der Waals surface area contributed by atoms with Gasteiger partial charge in [-0.15, -0.1) is 0 Å². The van der Waals surface area contributed by atoms with Gasteiger partial charge in [0, 0.05) is 29.8 Å². The Kier molecular flexibility index (Phi) is 4.86. The van der Waals surface area contributed by atoms with Crippen LogP contribution < -0.4 is 9.47 Å². The molecule has 0 N–H and O–H groups in total. The fourth-order valence-electron chi connectivity index (χ4n) is 3.64. The maximum atomic E-state index is 5.90. The normalized spacial score (nSPS) is 14.5. The first-order valence-corrected chi connectivity index (χ1v) is 9.19. The summed E-state index contributed by atoms with van der Waals surface area (Å²) < 4.78 is 16.9. The predicted octanol–water partition coefficient (Wildman–Crippen LogP) is 4.06. The summed E-state index contributed by atoms with van der Waals surface area (Å²) in [4.78, 5) is 2.34. The number of rotatable bonds is 3. The molecule has 0 saturated heterocycles. The lowest BCUT2D eigenvalue weighted by molar-refractivity contribution is 0.342. The Morgan fingerprint density at radius 1 is 0.963 bits per heavy atom. The Morgan fingerprint density at radius 2 is 1.67 bits per heavy atom. The molecule has 1 aromatic heterocycles. The van der Waals surface area contributed by atoms with Crippen LogP contribution in [0.5, 0.6) is 11.5 Å². The molecule has 0 unspecified atom stereocenters. The number of fused-ring (bicyclic) bond motifs is 3. The zero-order valence-electron chi connectivity index (χ0n) is 16.0. The molecule has 0 aliphatic carbocycles. The van der Waals surface area contributed by atoms with E-state index in [-0.39, 0.29) is 0 Å². The lowest BCUT2D eigenvalue weighted by Gasteiger charge is -2.16. The molecule has 0 amide bonds. The van der Waals surface area contributed by atoms with Gasteiger partial charge in [-0.2, -0.15) is 0 Å². The molecule has 5 heteroatoms. The highest BCUT2D eigenvalue weighted by Gasteiger charge is 2.24. The Balaban J connectivity index is 1.92. The van der Waals surface area contributed by atoms with E-state index in [0.717, 1.165) is 59.8 Å². The van der Waals surface area contributed by atoms with E-state index in [1.165, 1.54) is 5.56 Å². The summed E-state index contributed by atoms with van der Waals surface area (Å²) in [6.45, 7) is 1.93. The molecule has 0 saturated carbocycles. The van der Waals surface area contributed by atoms with E-state index in [4.69, 9.17) is 14.0 Å². The summed E-state index contributed by atoms with van der Waals surface area (Å²) in [6.07, 6.45) is 1.79. The maximum Gasteiger partial charge on any atom is 0.171 e. The summed E-state index contributed by atoms with van der Waals surface area (Å²) in [7, 11) is 5.48. The molecule has 0 bridgehead atoms. The van der Waals surface area contributed by atoms with Crippen molar-refractivity contribution in [2.24, 2.45) is 0 Å². The summed E-state index contributed by atoms with van der Waals surface area (Å²) in [5.74, 6) is 2.27. The summed E-state index contributed by atoms with van der Waals surface area (Å²) in [5, 5.41) is 4.44. The van der Waals surface area contributed by atoms with Crippen molar-refractivity contribution in [2.45, 2.75) is 12.8 Å². The number of benzene rings is 2. The predicted molar refractivity (Wildman–Crippen MR) is 105 cm³/mol. The molecule has 1 aliphatic rings. The maximum absolute atomic E-state index is 5.90. The molecule has 2 aromatic carbocycles. The van der Waals surface area contributed by atoms with E-state index < -0.39 is 0 Å². The molecule has 0 atom stereocenters. The molecule has 3 aromatic rings. The minimum atomic E-state index is 0.701. The second-order valence-electron chi connectivity index (χ2n) is 6.87. The summed E-state index contributed by atoms with van der Waals surface area (Å²) >= 11 is 0. The Hall–Kier alpha value is -2.79. The first-order chi connectivity index (χ1) is 13.2. The van der Waals surface area contributed by atoms with Crippen LogP contribution in [0.3, 0.4) is 0 Å². The number of nitrogens with zero attached hydrogens (tertiary/aromatic N) is 2. The number of likely N-dealkylation sites (N-methyl/N-ethyl adjacent to an activating group) is 1. The van der Waals surface area contributed by atoms with Gasteiger partial charge in [0.15, 0.2) is 17.3 Å². The van der Waals surface area contributed by atoms with Gasteiger partial charge >= 0.3 is 0 Å². The van der Waals surface area contributed by atoms with Crippen LogP contribution in [-0.2, 0) is 12.8 Å². The van der Waals surface area contributed by atoms with Gasteiger partial charge in [0.05, 0.1) is 14.2 Å². The fourth-order valence-corrected chi connectivity index (χ4v) is 3.64. The Labute approximate surface area is 159 Å². The molecule has 0 fully saturated rings. The van der Waals surface area contributed by atoms with Crippen molar-refractivity contribution >= 4 is 0 Å². The number of hydrogen-bond donors (Lipinski definition) is 0. The summed E-state index contributed by atoms with van der Waals surface area (Å²) in [5.41, 5.74) is 5.35. The molecule has 27 heavy (non-hydrogen) atoms. The highest BCUT2D eigenvalue weighted by atomic mass is 16.5. The molecule has 4 rings (SSSR count). The van der Waals surface area contributed by atoms with Gasteiger partial charge in [-0.25, -0.2) is 0 Å². The van der Waals surface area contributed by atoms with Gasteiger partial charge in [-0.05, 0) is 37.6 Å². The Bertz CT molecular complexity index is 934.